The van der Waals surface area contributed by atoms with Crippen molar-refractivity contribution in [2.45, 2.75) is 18.7 Å². The fourth-order valence-corrected chi connectivity index (χ4v) is 5.46. The molecule has 0 saturated carbocycles. The van der Waals surface area contributed by atoms with Crippen molar-refractivity contribution in [3.05, 3.63) is 65.2 Å². The Hall–Kier alpha value is -2.97. The fraction of sp³-hybridized carbons (Fsp3) is 0.100. The lowest BCUT2D eigenvalue weighted by atomic mass is 10.1. The van der Waals surface area contributed by atoms with Gasteiger partial charge >= 0.3 is 0 Å². The van der Waals surface area contributed by atoms with E-state index in [2.05, 4.69) is 22.0 Å². The molecule has 140 valence electrons. The molecule has 0 amide bonds. The highest BCUT2D eigenvalue weighted by atomic mass is 32.2. The topological polar surface area (TPSA) is 76.9 Å². The molecule has 0 aliphatic carbocycles. The van der Waals surface area contributed by atoms with Crippen LogP contribution in [-0.2, 0) is 10.0 Å². The Labute approximate surface area is 166 Å². The second-order valence-corrected chi connectivity index (χ2v) is 9.19. The van der Waals surface area contributed by atoms with Crippen LogP contribution in [0.25, 0.3) is 27.6 Å². The Balaban J connectivity index is 1.68. The number of nitrogens with zero attached hydrogens (tertiary/aromatic N) is 3. The van der Waals surface area contributed by atoms with Crippen molar-refractivity contribution in [1.29, 1.82) is 0 Å². The summed E-state index contributed by atoms with van der Waals surface area (Å²) >= 11 is 1.47. The van der Waals surface area contributed by atoms with Crippen molar-refractivity contribution in [2.24, 2.45) is 0 Å². The van der Waals surface area contributed by atoms with Crippen LogP contribution >= 0.6 is 11.3 Å². The Bertz CT molecular complexity index is 1320. The van der Waals surface area contributed by atoms with Crippen molar-refractivity contribution < 1.29 is 8.42 Å². The number of benzene rings is 2. The number of sulfonamides is 1. The summed E-state index contributed by atoms with van der Waals surface area (Å²) in [6, 6.07) is 15.2. The number of fused-ring (bicyclic) bond motifs is 3. The van der Waals surface area contributed by atoms with Gasteiger partial charge in [0.15, 0.2) is 0 Å². The maximum atomic E-state index is 12.6. The molecule has 5 rings (SSSR count). The van der Waals surface area contributed by atoms with E-state index in [-0.39, 0.29) is 4.90 Å². The Kier molecular flexibility index (Phi) is 3.68. The molecule has 1 N–H and O–H groups in total. The third kappa shape index (κ3) is 2.56. The highest BCUT2D eigenvalue weighted by molar-refractivity contribution is 7.93. The van der Waals surface area contributed by atoms with Gasteiger partial charge in [-0.15, -0.1) is 11.3 Å². The molecule has 0 spiro atoms. The van der Waals surface area contributed by atoms with E-state index in [4.69, 9.17) is 4.98 Å². The standard InChI is InChI=1S/C20H16N4O2S2/c1-12-7-9-14(10-8-12)16-11-27-20(21-16)24-19-15-5-3-4-6-17(15)28(25,26)23-18(19)13(2)22-24/h3-11,23H,1-2H3. The van der Waals surface area contributed by atoms with Gasteiger partial charge in [-0.3, -0.25) is 4.72 Å². The molecular weight excluding hydrogens is 392 g/mol. The maximum absolute atomic E-state index is 12.6. The quantitative estimate of drug-likeness (QED) is 0.533. The van der Waals surface area contributed by atoms with E-state index in [1.165, 1.54) is 16.9 Å². The van der Waals surface area contributed by atoms with Crippen molar-refractivity contribution in [3.8, 4) is 27.6 Å². The zero-order chi connectivity index (χ0) is 19.5. The minimum absolute atomic E-state index is 0.249. The van der Waals surface area contributed by atoms with E-state index in [1.54, 1.807) is 29.8 Å². The molecule has 0 fully saturated rings. The molecule has 4 aromatic rings. The summed E-state index contributed by atoms with van der Waals surface area (Å²) < 4.78 is 29.6. The van der Waals surface area contributed by atoms with Crippen LogP contribution in [0.15, 0.2) is 58.8 Å². The van der Waals surface area contributed by atoms with E-state index in [0.717, 1.165) is 11.3 Å². The highest BCUT2D eigenvalue weighted by Crippen LogP contribution is 2.42. The van der Waals surface area contributed by atoms with E-state index in [0.29, 0.717) is 27.8 Å². The van der Waals surface area contributed by atoms with Gasteiger partial charge in [-0.1, -0.05) is 48.0 Å². The Morgan fingerprint density at radius 1 is 1.04 bits per heavy atom. The minimum Gasteiger partial charge on any atom is -0.275 e. The number of rotatable bonds is 2. The molecule has 8 heteroatoms. The molecule has 2 aromatic carbocycles. The second kappa shape index (κ2) is 6.02. The van der Waals surface area contributed by atoms with Crippen LogP contribution in [-0.4, -0.2) is 23.2 Å². The molecule has 0 saturated heterocycles. The first-order valence-corrected chi connectivity index (χ1v) is 11.0. The summed E-state index contributed by atoms with van der Waals surface area (Å²) in [6.07, 6.45) is 0. The number of aromatic nitrogens is 3. The SMILES string of the molecule is Cc1ccc(-c2csc(-n3nc(C)c4c3-c3ccccc3S(=O)(=O)N4)n2)cc1. The number of hydrogen-bond donors (Lipinski definition) is 1. The normalized spacial score (nSPS) is 14.2. The molecule has 0 bridgehead atoms. The van der Waals surface area contributed by atoms with E-state index in [1.807, 2.05) is 30.5 Å². The first-order valence-electron chi connectivity index (χ1n) is 8.69. The third-order valence-electron chi connectivity index (χ3n) is 4.75. The van der Waals surface area contributed by atoms with Gasteiger partial charge in [-0.25, -0.2) is 18.1 Å². The van der Waals surface area contributed by atoms with Gasteiger partial charge in [-0.2, -0.15) is 5.10 Å². The predicted octanol–water partition coefficient (Wildman–Crippen LogP) is 4.39. The largest absolute Gasteiger partial charge is 0.275 e. The lowest BCUT2D eigenvalue weighted by Crippen LogP contribution is -2.19. The zero-order valence-electron chi connectivity index (χ0n) is 15.2. The zero-order valence-corrected chi connectivity index (χ0v) is 16.8. The summed E-state index contributed by atoms with van der Waals surface area (Å²) in [5.41, 5.74) is 5.56. The van der Waals surface area contributed by atoms with Crippen LogP contribution in [0.1, 0.15) is 11.3 Å². The number of hydrogen-bond acceptors (Lipinski definition) is 5. The average molecular weight is 409 g/mol. The third-order valence-corrected chi connectivity index (χ3v) is 6.97. The lowest BCUT2D eigenvalue weighted by molar-refractivity contribution is 0.601. The van der Waals surface area contributed by atoms with Gasteiger partial charge in [0.1, 0.15) is 5.69 Å². The number of thiazole rings is 1. The second-order valence-electron chi connectivity index (χ2n) is 6.70. The molecule has 1 aliphatic rings. The summed E-state index contributed by atoms with van der Waals surface area (Å²) in [7, 11) is -3.61. The average Bonchev–Trinajstić information content (AvgIpc) is 3.28. The van der Waals surface area contributed by atoms with E-state index in [9.17, 15) is 8.42 Å². The number of aryl methyl sites for hydroxylation is 2. The molecule has 0 atom stereocenters. The molecule has 0 unspecified atom stereocenters. The van der Waals surface area contributed by atoms with Gasteiger partial charge in [0, 0.05) is 16.5 Å². The van der Waals surface area contributed by atoms with Crippen LogP contribution < -0.4 is 4.72 Å². The molecule has 1 aliphatic heterocycles. The van der Waals surface area contributed by atoms with Crippen LogP contribution in [0.2, 0.25) is 0 Å². The first-order chi connectivity index (χ1) is 13.4. The van der Waals surface area contributed by atoms with Crippen LogP contribution in [0.3, 0.4) is 0 Å². The Morgan fingerprint density at radius 2 is 1.79 bits per heavy atom. The molecule has 0 radical (unpaired) electrons. The monoisotopic (exact) mass is 408 g/mol. The predicted molar refractivity (Wildman–Crippen MR) is 110 cm³/mol. The summed E-state index contributed by atoms with van der Waals surface area (Å²) in [6.45, 7) is 3.84. The molecular formula is C20H16N4O2S2. The highest BCUT2D eigenvalue weighted by Gasteiger charge is 2.33. The maximum Gasteiger partial charge on any atom is 0.262 e. The summed E-state index contributed by atoms with van der Waals surface area (Å²) in [5.74, 6) is 0. The molecule has 28 heavy (non-hydrogen) atoms. The fourth-order valence-electron chi connectivity index (χ4n) is 3.34. The molecule has 3 heterocycles. The van der Waals surface area contributed by atoms with Crippen molar-refractivity contribution >= 4 is 27.0 Å². The number of nitrogens with one attached hydrogen (secondary N) is 1. The van der Waals surface area contributed by atoms with Gasteiger partial charge in [-0.05, 0) is 19.9 Å². The van der Waals surface area contributed by atoms with E-state index < -0.39 is 10.0 Å². The lowest BCUT2D eigenvalue weighted by Gasteiger charge is -2.19. The van der Waals surface area contributed by atoms with Crippen molar-refractivity contribution in [1.82, 2.24) is 14.8 Å². The van der Waals surface area contributed by atoms with Crippen LogP contribution in [0.5, 0.6) is 0 Å². The van der Waals surface area contributed by atoms with E-state index >= 15 is 0 Å². The van der Waals surface area contributed by atoms with Gasteiger partial charge in [0.05, 0.1) is 22.0 Å². The smallest absolute Gasteiger partial charge is 0.262 e. The van der Waals surface area contributed by atoms with Crippen LogP contribution in [0.4, 0.5) is 5.69 Å². The van der Waals surface area contributed by atoms with Crippen molar-refractivity contribution in [3.63, 3.8) is 0 Å². The van der Waals surface area contributed by atoms with Crippen LogP contribution in [0, 0.1) is 13.8 Å². The summed E-state index contributed by atoms with van der Waals surface area (Å²) in [4.78, 5) is 5.00. The Morgan fingerprint density at radius 3 is 2.57 bits per heavy atom. The van der Waals surface area contributed by atoms with Gasteiger partial charge < -0.3 is 0 Å². The van der Waals surface area contributed by atoms with Crippen molar-refractivity contribution in [2.75, 3.05) is 4.72 Å². The molecule has 2 aromatic heterocycles. The molecule has 6 nitrogen and oxygen atoms in total. The number of anilines is 1. The minimum atomic E-state index is -3.61. The summed E-state index contributed by atoms with van der Waals surface area (Å²) in [5, 5.41) is 7.26. The van der Waals surface area contributed by atoms with Gasteiger partial charge in [0.25, 0.3) is 10.0 Å². The first kappa shape index (κ1) is 17.2. The van der Waals surface area contributed by atoms with Gasteiger partial charge in [0.2, 0.25) is 5.13 Å².